The molecule has 0 bridgehead atoms. The van der Waals surface area contributed by atoms with Crippen molar-refractivity contribution >= 4 is 28.6 Å². The molecule has 1 atom stereocenters. The van der Waals surface area contributed by atoms with Gasteiger partial charge in [0.25, 0.3) is 0 Å². The molecule has 1 aliphatic rings. The maximum atomic E-state index is 5.99. The van der Waals surface area contributed by atoms with E-state index in [1.165, 1.54) is 4.88 Å². The Morgan fingerprint density at radius 3 is 2.88 bits per heavy atom. The van der Waals surface area contributed by atoms with E-state index in [0.717, 1.165) is 16.3 Å². The number of nitrogens with one attached hydrogen (secondary N) is 2. The lowest BCUT2D eigenvalue weighted by atomic mass is 10.1. The van der Waals surface area contributed by atoms with Gasteiger partial charge in [-0.25, -0.2) is 5.43 Å². The largest absolute Gasteiger partial charge is 0.319 e. The molecule has 2 aromatic rings. The molecule has 0 amide bonds. The van der Waals surface area contributed by atoms with Crippen LogP contribution in [0.15, 0.2) is 47.9 Å². The highest BCUT2D eigenvalue weighted by Gasteiger charge is 2.17. The summed E-state index contributed by atoms with van der Waals surface area (Å²) in [4.78, 5) is 1.24. The van der Waals surface area contributed by atoms with Crippen LogP contribution in [0.1, 0.15) is 16.5 Å². The van der Waals surface area contributed by atoms with Crippen LogP contribution in [0.25, 0.3) is 5.70 Å². The van der Waals surface area contributed by atoms with Crippen molar-refractivity contribution in [2.75, 3.05) is 0 Å². The molecule has 2 heterocycles. The summed E-state index contributed by atoms with van der Waals surface area (Å²) in [5, 5.41) is 2.84. The van der Waals surface area contributed by atoms with E-state index in [2.05, 4.69) is 40.5 Å². The molecule has 0 radical (unpaired) electrons. The molecule has 2 N–H and O–H groups in total. The van der Waals surface area contributed by atoms with Gasteiger partial charge in [-0.15, -0.1) is 11.3 Å². The van der Waals surface area contributed by atoms with Crippen molar-refractivity contribution in [2.45, 2.75) is 6.04 Å². The fourth-order valence-electron chi connectivity index (χ4n) is 1.86. The molecule has 17 heavy (non-hydrogen) atoms. The zero-order valence-electron chi connectivity index (χ0n) is 8.98. The molecule has 0 saturated carbocycles. The summed E-state index contributed by atoms with van der Waals surface area (Å²) >= 11 is 7.72. The van der Waals surface area contributed by atoms with E-state index in [4.69, 9.17) is 11.6 Å². The maximum absolute atomic E-state index is 5.99. The number of rotatable bonds is 2. The fraction of sp³-hybridized carbons (Fsp3) is 0.0769. The summed E-state index contributed by atoms with van der Waals surface area (Å²) in [5.74, 6) is 0. The Bertz CT molecular complexity index is 548. The molecule has 86 valence electrons. The first-order chi connectivity index (χ1) is 8.33. The molecule has 1 unspecified atom stereocenters. The molecular formula is C13H11ClN2S. The average Bonchev–Trinajstić information content (AvgIpc) is 3.00. The van der Waals surface area contributed by atoms with Gasteiger partial charge in [0, 0.05) is 5.02 Å². The van der Waals surface area contributed by atoms with Crippen LogP contribution in [0, 0.1) is 0 Å². The lowest BCUT2D eigenvalue weighted by Gasteiger charge is -2.08. The molecule has 0 fully saturated rings. The zero-order chi connectivity index (χ0) is 11.7. The van der Waals surface area contributed by atoms with E-state index >= 15 is 0 Å². The predicted molar refractivity (Wildman–Crippen MR) is 72.8 cm³/mol. The Morgan fingerprint density at radius 1 is 1.18 bits per heavy atom. The average molecular weight is 263 g/mol. The standard InChI is InChI=1S/C13H11ClN2S/c14-10-4-1-3-9(7-10)11-8-12(16-15-11)13-5-2-6-17-13/h1-8,11,15-16H. The van der Waals surface area contributed by atoms with Gasteiger partial charge in [0.1, 0.15) is 0 Å². The van der Waals surface area contributed by atoms with Gasteiger partial charge in [-0.2, -0.15) is 0 Å². The summed E-state index contributed by atoms with van der Waals surface area (Å²) in [6, 6.07) is 12.2. The van der Waals surface area contributed by atoms with Crippen LogP contribution in [0.5, 0.6) is 0 Å². The van der Waals surface area contributed by atoms with Crippen LogP contribution in [-0.2, 0) is 0 Å². The van der Waals surface area contributed by atoms with Crippen molar-refractivity contribution in [3.8, 4) is 0 Å². The molecule has 3 rings (SSSR count). The highest BCUT2D eigenvalue weighted by molar-refractivity contribution is 7.11. The number of hydrogen-bond acceptors (Lipinski definition) is 3. The van der Waals surface area contributed by atoms with E-state index in [1.807, 2.05) is 18.2 Å². The molecule has 4 heteroatoms. The van der Waals surface area contributed by atoms with Crippen molar-refractivity contribution in [1.29, 1.82) is 0 Å². The van der Waals surface area contributed by atoms with Gasteiger partial charge in [0.2, 0.25) is 0 Å². The number of hydrogen-bond donors (Lipinski definition) is 2. The van der Waals surface area contributed by atoms with Crippen molar-refractivity contribution < 1.29 is 0 Å². The summed E-state index contributed by atoms with van der Waals surface area (Å²) < 4.78 is 0. The van der Waals surface area contributed by atoms with E-state index in [0.29, 0.717) is 0 Å². The lowest BCUT2D eigenvalue weighted by molar-refractivity contribution is 0.616. The fourth-order valence-corrected chi connectivity index (χ4v) is 2.77. The Morgan fingerprint density at radius 2 is 2.12 bits per heavy atom. The van der Waals surface area contributed by atoms with Crippen LogP contribution in [0.3, 0.4) is 0 Å². The van der Waals surface area contributed by atoms with Crippen molar-refractivity contribution in [3.63, 3.8) is 0 Å². The second-order valence-electron chi connectivity index (χ2n) is 3.86. The number of hydrazine groups is 1. The number of halogens is 1. The van der Waals surface area contributed by atoms with Crippen LogP contribution in [0.4, 0.5) is 0 Å². The van der Waals surface area contributed by atoms with E-state index < -0.39 is 0 Å². The van der Waals surface area contributed by atoms with Crippen molar-refractivity contribution in [2.24, 2.45) is 0 Å². The minimum absolute atomic E-state index is 0.172. The highest BCUT2D eigenvalue weighted by Crippen LogP contribution is 2.27. The third-order valence-electron chi connectivity index (χ3n) is 2.69. The smallest absolute Gasteiger partial charge is 0.0715 e. The third kappa shape index (κ3) is 2.22. The first-order valence-electron chi connectivity index (χ1n) is 5.35. The lowest BCUT2D eigenvalue weighted by Crippen LogP contribution is -2.26. The van der Waals surface area contributed by atoms with Crippen LogP contribution >= 0.6 is 22.9 Å². The molecule has 0 spiro atoms. The highest BCUT2D eigenvalue weighted by atomic mass is 35.5. The first-order valence-corrected chi connectivity index (χ1v) is 6.61. The molecular weight excluding hydrogens is 252 g/mol. The Kier molecular flexibility index (Phi) is 2.89. The third-order valence-corrected chi connectivity index (χ3v) is 3.83. The van der Waals surface area contributed by atoms with Gasteiger partial charge in [-0.1, -0.05) is 29.8 Å². The van der Waals surface area contributed by atoms with Gasteiger partial charge in [-0.05, 0) is 35.2 Å². The Hall–Kier alpha value is -1.29. The number of thiophene rings is 1. The SMILES string of the molecule is Clc1cccc(C2C=C(c3cccs3)NN2)c1. The quantitative estimate of drug-likeness (QED) is 0.864. The molecule has 2 nitrogen and oxygen atoms in total. The summed E-state index contributed by atoms with van der Waals surface area (Å²) in [7, 11) is 0. The van der Waals surface area contributed by atoms with Gasteiger partial charge < -0.3 is 5.43 Å². The molecule has 1 aromatic heterocycles. The van der Waals surface area contributed by atoms with Gasteiger partial charge in [-0.3, -0.25) is 0 Å². The first kappa shape index (κ1) is 10.8. The molecule has 0 aliphatic carbocycles. The maximum Gasteiger partial charge on any atom is 0.0715 e. The minimum Gasteiger partial charge on any atom is -0.319 e. The summed E-state index contributed by atoms with van der Waals surface area (Å²) in [5.41, 5.74) is 8.74. The van der Waals surface area contributed by atoms with Crippen molar-refractivity contribution in [3.05, 3.63) is 63.3 Å². The zero-order valence-corrected chi connectivity index (χ0v) is 10.6. The molecule has 1 aliphatic heterocycles. The van der Waals surface area contributed by atoms with E-state index in [-0.39, 0.29) is 6.04 Å². The normalized spacial score (nSPS) is 18.9. The van der Waals surface area contributed by atoms with Gasteiger partial charge >= 0.3 is 0 Å². The topological polar surface area (TPSA) is 24.1 Å². The summed E-state index contributed by atoms with van der Waals surface area (Å²) in [6.07, 6.45) is 2.18. The van der Waals surface area contributed by atoms with Crippen LogP contribution in [0.2, 0.25) is 5.02 Å². The Labute approximate surface area is 109 Å². The molecule has 1 aromatic carbocycles. The monoisotopic (exact) mass is 262 g/mol. The van der Waals surface area contributed by atoms with Gasteiger partial charge in [0.15, 0.2) is 0 Å². The van der Waals surface area contributed by atoms with Crippen molar-refractivity contribution in [1.82, 2.24) is 10.9 Å². The number of benzene rings is 1. The molecule has 0 saturated heterocycles. The van der Waals surface area contributed by atoms with E-state index in [1.54, 1.807) is 11.3 Å². The second-order valence-corrected chi connectivity index (χ2v) is 5.24. The second kappa shape index (κ2) is 4.53. The predicted octanol–water partition coefficient (Wildman–Crippen LogP) is 3.59. The summed E-state index contributed by atoms with van der Waals surface area (Å²) in [6.45, 7) is 0. The Balaban J connectivity index is 1.88. The van der Waals surface area contributed by atoms with Crippen LogP contribution < -0.4 is 10.9 Å². The van der Waals surface area contributed by atoms with Crippen LogP contribution in [-0.4, -0.2) is 0 Å². The van der Waals surface area contributed by atoms with E-state index in [9.17, 15) is 0 Å². The minimum atomic E-state index is 0.172. The van der Waals surface area contributed by atoms with Gasteiger partial charge in [0.05, 0.1) is 16.6 Å².